The number of carboxylic acids is 1. The van der Waals surface area contributed by atoms with Gasteiger partial charge in [-0.2, -0.15) is 4.39 Å². The fraction of sp³-hybridized carbons (Fsp3) is 0.250. The van der Waals surface area contributed by atoms with E-state index in [1.54, 1.807) is 6.20 Å². The van der Waals surface area contributed by atoms with Gasteiger partial charge in [0, 0.05) is 40.7 Å². The van der Waals surface area contributed by atoms with E-state index in [1.807, 2.05) is 32.0 Å². The molecule has 234 valence electrons. The number of carbonyl (C=O) groups is 1. The topological polar surface area (TPSA) is 134 Å². The Morgan fingerprint density at radius 3 is 2.69 bits per heavy atom. The van der Waals surface area contributed by atoms with Crippen molar-refractivity contribution in [2.45, 2.75) is 42.9 Å². The summed E-state index contributed by atoms with van der Waals surface area (Å²) in [6.45, 7) is 4.15. The number of hydrogen-bond acceptors (Lipinski definition) is 6. The van der Waals surface area contributed by atoms with E-state index in [0.717, 1.165) is 23.4 Å². The zero-order chi connectivity index (χ0) is 32.3. The van der Waals surface area contributed by atoms with Crippen LogP contribution >= 0.6 is 0 Å². The maximum absolute atomic E-state index is 15.2. The third-order valence-corrected chi connectivity index (χ3v) is 9.41. The van der Waals surface area contributed by atoms with E-state index in [4.69, 9.17) is 9.47 Å². The molecule has 0 fully saturated rings. The summed E-state index contributed by atoms with van der Waals surface area (Å²) >= 11 is 0. The number of nitrogens with zero attached hydrogens (tertiary/aromatic N) is 1. The molecule has 2 atom stereocenters. The summed E-state index contributed by atoms with van der Waals surface area (Å²) in [5, 5.41) is 9.23. The van der Waals surface area contributed by atoms with Crippen LogP contribution in [0.1, 0.15) is 49.4 Å². The molecule has 3 aromatic carbocycles. The Hall–Kier alpha value is -4.78. The first kappa shape index (κ1) is 30.3. The smallest absolute Gasteiger partial charge is 0.303 e. The zero-order valence-electron chi connectivity index (χ0n) is 24.4. The van der Waals surface area contributed by atoms with Gasteiger partial charge < -0.3 is 24.5 Å². The number of ether oxygens (including phenoxy) is 2. The average Bonchev–Trinajstić information content (AvgIpc) is 3.67. The minimum absolute atomic E-state index is 0.0528. The normalized spacial score (nSPS) is 17.1. The highest BCUT2D eigenvalue weighted by Gasteiger charge is 2.38. The van der Waals surface area contributed by atoms with E-state index < -0.39 is 49.3 Å². The molecule has 45 heavy (non-hydrogen) atoms. The molecular weight excluding hydrogens is 611 g/mol. The van der Waals surface area contributed by atoms with Crippen molar-refractivity contribution < 1.29 is 41.0 Å². The molecule has 0 amide bonds. The quantitative estimate of drug-likeness (QED) is 0.158. The molecule has 0 radical (unpaired) electrons. The summed E-state index contributed by atoms with van der Waals surface area (Å²) in [6.07, 6.45) is 4.19. The van der Waals surface area contributed by atoms with Crippen LogP contribution in [-0.4, -0.2) is 47.3 Å². The highest BCUT2D eigenvalue weighted by atomic mass is 32.2. The molecule has 9 nitrogen and oxygen atoms in total. The summed E-state index contributed by atoms with van der Waals surface area (Å²) in [5.41, 5.74) is 1.20. The number of para-hydroxylation sites is 1. The van der Waals surface area contributed by atoms with Gasteiger partial charge in [-0.25, -0.2) is 22.2 Å². The molecule has 2 aromatic heterocycles. The SMILES string of the molecule is C[C@H](CC(=O)O)c1cccc2c1OCC[C@@]2(C)c1cnc(-c2cc(Oc3c(F)c(F)c4[nH]ccc4c3S(C)(=O)=O)ccc2F)[nH]1. The first-order chi connectivity index (χ1) is 21.3. The van der Waals surface area contributed by atoms with Gasteiger partial charge in [0.25, 0.3) is 0 Å². The van der Waals surface area contributed by atoms with Gasteiger partial charge >= 0.3 is 5.97 Å². The Morgan fingerprint density at radius 1 is 1.18 bits per heavy atom. The number of halogens is 3. The number of H-pyrrole nitrogens is 2. The molecule has 0 saturated carbocycles. The molecular formula is C32H28F3N3O6S. The number of aliphatic carboxylic acids is 1. The fourth-order valence-electron chi connectivity index (χ4n) is 5.92. The van der Waals surface area contributed by atoms with Crippen LogP contribution in [0.2, 0.25) is 0 Å². The standard InChI is InChI=1S/C32H28F3N3O6S/c1-16(13-24(39)40)18-5-4-6-21-28(18)43-12-10-32(21,2)23-15-37-31(38-23)20-14-17(7-8-22(20)33)44-29-26(35)25(34)27-19(9-11-36-27)30(29)45(3,41)42/h4-9,11,14-16,36H,10,12-13H2,1-3H3,(H,37,38)(H,39,40)/t16-,32-/m1/s1. The Labute approximate surface area is 256 Å². The molecule has 0 saturated heterocycles. The van der Waals surface area contributed by atoms with Crippen LogP contribution < -0.4 is 9.47 Å². The van der Waals surface area contributed by atoms with Crippen molar-refractivity contribution in [2.24, 2.45) is 0 Å². The predicted molar refractivity (Wildman–Crippen MR) is 159 cm³/mol. The van der Waals surface area contributed by atoms with Gasteiger partial charge in [0.15, 0.2) is 21.4 Å². The second-order valence-electron chi connectivity index (χ2n) is 11.4. The highest BCUT2D eigenvalue weighted by Crippen LogP contribution is 2.47. The summed E-state index contributed by atoms with van der Waals surface area (Å²) in [7, 11) is -4.10. The molecule has 3 N–H and O–H groups in total. The molecule has 0 bridgehead atoms. The average molecular weight is 640 g/mol. The monoisotopic (exact) mass is 639 g/mol. The molecule has 13 heteroatoms. The van der Waals surface area contributed by atoms with Crippen LogP contribution in [0.25, 0.3) is 22.3 Å². The first-order valence-corrected chi connectivity index (χ1v) is 15.9. The second-order valence-corrected chi connectivity index (χ2v) is 13.3. The number of rotatable bonds is 8. The molecule has 0 unspecified atom stereocenters. The maximum atomic E-state index is 15.2. The van der Waals surface area contributed by atoms with Crippen molar-refractivity contribution in [1.82, 2.24) is 15.0 Å². The lowest BCUT2D eigenvalue weighted by atomic mass is 9.74. The van der Waals surface area contributed by atoms with Crippen molar-refractivity contribution >= 4 is 26.7 Å². The van der Waals surface area contributed by atoms with Crippen LogP contribution in [-0.2, 0) is 20.0 Å². The number of hydrogen-bond donors (Lipinski definition) is 3. The fourth-order valence-corrected chi connectivity index (χ4v) is 6.96. The van der Waals surface area contributed by atoms with Gasteiger partial charge in [-0.3, -0.25) is 4.79 Å². The van der Waals surface area contributed by atoms with E-state index >= 15 is 8.78 Å². The van der Waals surface area contributed by atoms with Crippen molar-refractivity contribution in [3.05, 3.63) is 89.1 Å². The number of nitrogens with one attached hydrogen (secondary N) is 2. The number of carboxylic acid groups (broad SMARTS) is 1. The summed E-state index contributed by atoms with van der Waals surface area (Å²) in [5.74, 6) is -5.02. The van der Waals surface area contributed by atoms with Gasteiger partial charge in [-0.15, -0.1) is 0 Å². The van der Waals surface area contributed by atoms with Crippen LogP contribution in [0.4, 0.5) is 13.2 Å². The maximum Gasteiger partial charge on any atom is 0.303 e. The number of benzene rings is 3. The van der Waals surface area contributed by atoms with E-state index in [1.165, 1.54) is 24.4 Å². The van der Waals surface area contributed by atoms with Gasteiger partial charge in [-0.05, 0) is 49.1 Å². The van der Waals surface area contributed by atoms with Crippen molar-refractivity contribution in [2.75, 3.05) is 12.9 Å². The van der Waals surface area contributed by atoms with Crippen molar-refractivity contribution in [3.63, 3.8) is 0 Å². The first-order valence-electron chi connectivity index (χ1n) is 14.0. The molecule has 1 aliphatic rings. The Bertz CT molecular complexity index is 2090. The van der Waals surface area contributed by atoms with Gasteiger partial charge in [0.05, 0.1) is 24.1 Å². The van der Waals surface area contributed by atoms with Gasteiger partial charge in [0.1, 0.15) is 28.0 Å². The van der Waals surface area contributed by atoms with Crippen LogP contribution in [0, 0.1) is 17.5 Å². The van der Waals surface area contributed by atoms with E-state index in [9.17, 15) is 22.7 Å². The van der Waals surface area contributed by atoms with Crippen molar-refractivity contribution in [3.8, 4) is 28.6 Å². The van der Waals surface area contributed by atoms with E-state index in [-0.39, 0.29) is 40.4 Å². The van der Waals surface area contributed by atoms with Crippen molar-refractivity contribution in [1.29, 1.82) is 0 Å². The molecule has 5 aromatic rings. The Morgan fingerprint density at radius 2 is 1.96 bits per heavy atom. The summed E-state index contributed by atoms with van der Waals surface area (Å²) < 4.78 is 82.1. The van der Waals surface area contributed by atoms with Crippen LogP contribution in [0.3, 0.4) is 0 Å². The Balaban J connectivity index is 1.38. The number of aromatic nitrogens is 3. The third kappa shape index (κ3) is 5.20. The van der Waals surface area contributed by atoms with Gasteiger partial charge in [-0.1, -0.05) is 25.1 Å². The highest BCUT2D eigenvalue weighted by molar-refractivity contribution is 7.91. The van der Waals surface area contributed by atoms with E-state index in [0.29, 0.717) is 24.5 Å². The van der Waals surface area contributed by atoms with Crippen LogP contribution in [0.15, 0.2) is 59.8 Å². The minimum atomic E-state index is -4.10. The predicted octanol–water partition coefficient (Wildman–Crippen LogP) is 6.84. The Kier molecular flexibility index (Phi) is 7.39. The number of sulfone groups is 1. The largest absolute Gasteiger partial charge is 0.493 e. The number of aromatic amines is 2. The van der Waals surface area contributed by atoms with Crippen LogP contribution in [0.5, 0.6) is 17.2 Å². The molecule has 1 aliphatic heterocycles. The molecule has 0 aliphatic carbocycles. The summed E-state index contributed by atoms with van der Waals surface area (Å²) in [4.78, 5) is 20.9. The second kappa shape index (κ2) is 11.0. The van der Waals surface area contributed by atoms with Gasteiger partial charge in [0.2, 0.25) is 5.82 Å². The third-order valence-electron chi connectivity index (χ3n) is 8.26. The number of fused-ring (bicyclic) bond motifs is 2. The number of imidazole rings is 1. The summed E-state index contributed by atoms with van der Waals surface area (Å²) in [6, 6.07) is 10.3. The minimum Gasteiger partial charge on any atom is -0.493 e. The lowest BCUT2D eigenvalue weighted by molar-refractivity contribution is -0.137. The molecule has 6 rings (SSSR count). The molecule has 3 heterocycles. The lowest BCUT2D eigenvalue weighted by Crippen LogP contribution is -2.32. The lowest BCUT2D eigenvalue weighted by Gasteiger charge is -2.36. The van der Waals surface area contributed by atoms with E-state index in [2.05, 4.69) is 15.0 Å². The molecule has 0 spiro atoms. The zero-order valence-corrected chi connectivity index (χ0v) is 25.2.